The fourth-order valence-corrected chi connectivity index (χ4v) is 9.34. The van der Waals surface area contributed by atoms with E-state index >= 15 is 0 Å². The molecule has 0 radical (unpaired) electrons. The zero-order valence-corrected chi connectivity index (χ0v) is 25.8. The number of aromatic hydroxyl groups is 1. The minimum Gasteiger partial charge on any atom is -0.493 e. The van der Waals surface area contributed by atoms with Crippen LogP contribution in [0.1, 0.15) is 50.6 Å². The molecule has 2 heterocycles. The second kappa shape index (κ2) is 11.4. The van der Waals surface area contributed by atoms with Crippen LogP contribution < -0.4 is 16.0 Å². The van der Waals surface area contributed by atoms with Gasteiger partial charge in [0.1, 0.15) is 12.6 Å². The second-order valence-corrected chi connectivity index (χ2v) is 14.0. The van der Waals surface area contributed by atoms with Crippen molar-refractivity contribution in [2.75, 3.05) is 25.0 Å². The maximum Gasteiger partial charge on any atom is 0.407 e. The Morgan fingerprint density at radius 2 is 2.00 bits per heavy atom. The first kappa shape index (κ1) is 29.6. The maximum absolute atomic E-state index is 12.7. The maximum atomic E-state index is 12.7. The van der Waals surface area contributed by atoms with Gasteiger partial charge in [0.25, 0.3) is 0 Å². The summed E-state index contributed by atoms with van der Waals surface area (Å²) in [5.41, 5.74) is 2.78. The third kappa shape index (κ3) is 5.53. The highest BCUT2D eigenvalue weighted by atomic mass is 32.1. The first-order valence-electron chi connectivity index (χ1n) is 15.8. The SMILES string of the molecule is O=C(Cn1c(O)c(CCCNc2nc3ccccc3[nH]2)[nH]c1=S)NC[C@H](NC(=O)OCC12CC3CC4CC(C1)C4(C3)C2)C(=O)O. The number of aromatic nitrogens is 4. The van der Waals surface area contributed by atoms with Gasteiger partial charge in [0.2, 0.25) is 17.7 Å². The average molecular weight is 638 g/mol. The smallest absolute Gasteiger partial charge is 0.407 e. The number of anilines is 1. The number of fused-ring (bicyclic) bond motifs is 3. The van der Waals surface area contributed by atoms with Crippen molar-refractivity contribution in [1.82, 2.24) is 30.2 Å². The predicted molar refractivity (Wildman–Crippen MR) is 166 cm³/mol. The predicted octanol–water partition coefficient (Wildman–Crippen LogP) is 3.68. The average Bonchev–Trinajstić information content (AvgIpc) is 3.65. The van der Waals surface area contributed by atoms with Crippen molar-refractivity contribution >= 4 is 47.2 Å². The van der Waals surface area contributed by atoms with Crippen LogP contribution in [0.15, 0.2) is 24.3 Å². The van der Waals surface area contributed by atoms with E-state index in [-0.39, 0.29) is 29.2 Å². The monoisotopic (exact) mass is 637 g/mol. The zero-order valence-electron chi connectivity index (χ0n) is 24.9. The fourth-order valence-electron chi connectivity index (χ4n) is 9.06. The Hall–Kier alpha value is -4.07. The molecule has 4 fully saturated rings. The van der Waals surface area contributed by atoms with E-state index < -0.39 is 24.0 Å². The quantitative estimate of drug-likeness (QED) is 0.108. The summed E-state index contributed by atoms with van der Waals surface area (Å²) in [7, 11) is 0. The van der Waals surface area contributed by atoms with Crippen LogP contribution in [-0.2, 0) is 27.3 Å². The van der Waals surface area contributed by atoms with Gasteiger partial charge in [0.05, 0.1) is 23.3 Å². The summed E-state index contributed by atoms with van der Waals surface area (Å²) in [5.74, 6) is 0.962. The summed E-state index contributed by atoms with van der Waals surface area (Å²) in [6, 6.07) is 6.35. The summed E-state index contributed by atoms with van der Waals surface area (Å²) in [6.45, 7) is 0.230. The molecule has 4 aliphatic rings. The molecule has 7 N–H and O–H groups in total. The number of aliphatic carboxylic acids is 1. The molecule has 4 aliphatic carbocycles. The lowest BCUT2D eigenvalue weighted by Gasteiger charge is -2.49. The normalized spacial score (nSPS) is 28.0. The number of rotatable bonds is 13. The zero-order chi connectivity index (χ0) is 31.3. The largest absolute Gasteiger partial charge is 0.493 e. The molecule has 3 bridgehead atoms. The van der Waals surface area contributed by atoms with Crippen LogP contribution in [0.5, 0.6) is 5.88 Å². The van der Waals surface area contributed by atoms with Crippen molar-refractivity contribution in [1.29, 1.82) is 0 Å². The number of benzene rings is 1. The van der Waals surface area contributed by atoms with Crippen LogP contribution in [0, 0.1) is 33.4 Å². The number of aryl methyl sites for hydroxylation is 1. The number of carboxylic acids is 1. The van der Waals surface area contributed by atoms with E-state index in [0.717, 1.165) is 48.0 Å². The number of nitrogens with zero attached hydrogens (tertiary/aromatic N) is 2. The molecule has 6 atom stereocenters. The summed E-state index contributed by atoms with van der Waals surface area (Å²) >= 11 is 5.31. The Morgan fingerprint density at radius 1 is 1.16 bits per heavy atom. The van der Waals surface area contributed by atoms with Crippen molar-refractivity contribution in [2.45, 2.75) is 64.0 Å². The highest BCUT2D eigenvalue weighted by Gasteiger charge is 2.70. The molecule has 7 rings (SSSR count). The molecule has 240 valence electrons. The lowest BCUT2D eigenvalue weighted by atomic mass is 9.55. The van der Waals surface area contributed by atoms with Gasteiger partial charge in [-0.05, 0) is 98.9 Å². The van der Waals surface area contributed by atoms with Crippen molar-refractivity contribution in [3.63, 3.8) is 0 Å². The molecule has 45 heavy (non-hydrogen) atoms. The third-order valence-electron chi connectivity index (χ3n) is 10.8. The van der Waals surface area contributed by atoms with Crippen molar-refractivity contribution < 1.29 is 29.3 Å². The van der Waals surface area contributed by atoms with E-state index in [2.05, 4.69) is 30.9 Å². The van der Waals surface area contributed by atoms with Crippen molar-refractivity contribution in [3.8, 4) is 5.88 Å². The topological polar surface area (TPSA) is 186 Å². The summed E-state index contributed by atoms with van der Waals surface area (Å²) < 4.78 is 7.01. The Kier molecular flexibility index (Phi) is 7.49. The second-order valence-electron chi connectivity index (χ2n) is 13.6. The molecule has 0 saturated heterocycles. The van der Waals surface area contributed by atoms with Crippen LogP contribution in [0.25, 0.3) is 11.0 Å². The van der Waals surface area contributed by atoms with Crippen LogP contribution in [0.4, 0.5) is 10.7 Å². The third-order valence-corrected chi connectivity index (χ3v) is 11.1. The molecule has 5 unspecified atom stereocenters. The van der Waals surface area contributed by atoms with E-state index in [0.29, 0.717) is 43.1 Å². The first-order valence-corrected chi connectivity index (χ1v) is 16.2. The number of hydrogen-bond acceptors (Lipinski definition) is 8. The Bertz CT molecular complexity index is 1660. The van der Waals surface area contributed by atoms with Gasteiger partial charge in [-0.25, -0.2) is 14.6 Å². The number of alkyl carbamates (subject to hydrolysis) is 1. The van der Waals surface area contributed by atoms with Gasteiger partial charge >= 0.3 is 12.1 Å². The van der Waals surface area contributed by atoms with E-state index in [4.69, 9.17) is 17.0 Å². The Morgan fingerprint density at radius 3 is 2.82 bits per heavy atom. The molecule has 4 saturated carbocycles. The van der Waals surface area contributed by atoms with Gasteiger partial charge in [0.15, 0.2) is 4.77 Å². The number of para-hydroxylation sites is 2. The van der Waals surface area contributed by atoms with Crippen molar-refractivity contribution in [2.24, 2.45) is 28.6 Å². The Labute approximate surface area is 264 Å². The summed E-state index contributed by atoms with van der Waals surface area (Å²) in [6.07, 6.45) is 7.57. The number of carbonyl (C=O) groups is 3. The van der Waals surface area contributed by atoms with Crippen LogP contribution >= 0.6 is 12.2 Å². The minimum absolute atomic E-state index is 0.0186. The molecule has 0 aliphatic heterocycles. The van der Waals surface area contributed by atoms with Crippen LogP contribution in [-0.4, -0.2) is 73.4 Å². The number of carboxylic acid groups (broad SMARTS) is 1. The molecular formula is C31H39N7O6S. The van der Waals surface area contributed by atoms with Gasteiger partial charge in [0, 0.05) is 18.5 Å². The molecule has 14 heteroatoms. The number of amides is 2. The van der Waals surface area contributed by atoms with Gasteiger partial charge in [-0.2, -0.15) is 0 Å². The van der Waals surface area contributed by atoms with Crippen LogP contribution in [0.2, 0.25) is 0 Å². The number of imidazole rings is 2. The number of aromatic amines is 2. The summed E-state index contributed by atoms with van der Waals surface area (Å²) in [4.78, 5) is 47.8. The lowest BCUT2D eigenvalue weighted by molar-refractivity contribution is -0.139. The molecule has 3 aromatic rings. The lowest BCUT2D eigenvalue weighted by Crippen LogP contribution is -2.49. The standard InChI is InChI=1S/C31H39N7O6S/c39-24(14-38-25(40)22(36-28(38)45)6-3-7-32-27-34-20-4-1-2-5-21(20)35-27)33-13-23(26(41)42)37-29(43)44-16-30-10-17-8-18-9-19(12-30)31(18,11-17)15-30/h1-2,4-5,17-19,23,40H,3,6-16H2,(H,33,39)(H,36,45)(H,37,43)(H,41,42)(H2,32,34,35)/t17?,18?,19?,23-,30?,31?/m0/s1. The number of nitrogens with one attached hydrogen (secondary N) is 5. The number of H-pyrrole nitrogens is 2. The van der Waals surface area contributed by atoms with E-state index in [9.17, 15) is 24.6 Å². The van der Waals surface area contributed by atoms with Crippen molar-refractivity contribution in [3.05, 3.63) is 34.7 Å². The molecule has 13 nitrogen and oxygen atoms in total. The van der Waals surface area contributed by atoms with Gasteiger partial charge < -0.3 is 40.9 Å². The molecule has 1 spiro atoms. The molecule has 1 aromatic carbocycles. The van der Waals surface area contributed by atoms with E-state index in [1.165, 1.54) is 23.8 Å². The van der Waals surface area contributed by atoms with Gasteiger partial charge in [-0.1, -0.05) is 12.1 Å². The molecular weight excluding hydrogens is 598 g/mol. The molecule has 2 aromatic heterocycles. The first-order chi connectivity index (χ1) is 21.6. The van der Waals surface area contributed by atoms with E-state index in [1.807, 2.05) is 24.3 Å². The van der Waals surface area contributed by atoms with Crippen LogP contribution in [0.3, 0.4) is 0 Å². The number of ether oxygens (including phenoxy) is 1. The highest BCUT2D eigenvalue weighted by molar-refractivity contribution is 7.71. The molecule has 2 amide bonds. The number of carbonyl (C=O) groups excluding carboxylic acids is 2. The van der Waals surface area contributed by atoms with E-state index in [1.54, 1.807) is 0 Å². The highest BCUT2D eigenvalue weighted by Crippen LogP contribution is 2.78. The Balaban J connectivity index is 0.859. The van der Waals surface area contributed by atoms with Gasteiger partial charge in [-0.15, -0.1) is 0 Å². The number of hydrogen-bond donors (Lipinski definition) is 7. The van der Waals surface area contributed by atoms with Gasteiger partial charge in [-0.3, -0.25) is 9.36 Å². The fraction of sp³-hybridized carbons (Fsp3) is 0.581. The summed E-state index contributed by atoms with van der Waals surface area (Å²) in [5, 5.41) is 28.5. The minimum atomic E-state index is -1.37.